The zero-order valence-electron chi connectivity index (χ0n) is 15.2. The van der Waals surface area contributed by atoms with Crippen molar-refractivity contribution in [1.29, 1.82) is 0 Å². The van der Waals surface area contributed by atoms with Crippen molar-refractivity contribution in [3.63, 3.8) is 0 Å². The number of sulfonamides is 1. The van der Waals surface area contributed by atoms with E-state index in [0.717, 1.165) is 21.3 Å². The van der Waals surface area contributed by atoms with Gasteiger partial charge in [-0.15, -0.1) is 0 Å². The fourth-order valence-corrected chi connectivity index (χ4v) is 5.05. The summed E-state index contributed by atoms with van der Waals surface area (Å²) in [6.07, 6.45) is 1.07. The van der Waals surface area contributed by atoms with Crippen LogP contribution in [0.3, 0.4) is 0 Å². The Bertz CT molecular complexity index is 908. The van der Waals surface area contributed by atoms with Gasteiger partial charge in [0.25, 0.3) is 0 Å². The lowest BCUT2D eigenvalue weighted by molar-refractivity contribution is -0.120. The van der Waals surface area contributed by atoms with Gasteiger partial charge in [-0.05, 0) is 49.1 Å². The summed E-state index contributed by atoms with van der Waals surface area (Å²) < 4.78 is 27.7. The van der Waals surface area contributed by atoms with E-state index >= 15 is 0 Å². The molecule has 0 spiro atoms. The lowest BCUT2D eigenvalue weighted by Crippen LogP contribution is -2.41. The molecule has 144 valence electrons. The van der Waals surface area contributed by atoms with E-state index in [4.69, 9.17) is 0 Å². The van der Waals surface area contributed by atoms with E-state index in [0.29, 0.717) is 25.9 Å². The molecule has 0 bridgehead atoms. The third kappa shape index (κ3) is 5.18. The zero-order chi connectivity index (χ0) is 19.4. The van der Waals surface area contributed by atoms with E-state index in [1.54, 1.807) is 0 Å². The number of halogens is 1. The van der Waals surface area contributed by atoms with Crippen LogP contribution in [0.15, 0.2) is 53.0 Å². The summed E-state index contributed by atoms with van der Waals surface area (Å²) in [6, 6.07) is 14.9. The van der Waals surface area contributed by atoms with Crippen LogP contribution in [0.2, 0.25) is 0 Å². The van der Waals surface area contributed by atoms with Crippen LogP contribution in [0.5, 0.6) is 0 Å². The first-order valence-electron chi connectivity index (χ1n) is 8.94. The highest BCUT2D eigenvalue weighted by atomic mass is 79.9. The predicted molar refractivity (Wildman–Crippen MR) is 111 cm³/mol. The molecule has 1 amide bonds. The molecule has 1 N–H and O–H groups in total. The fourth-order valence-electron chi connectivity index (χ4n) is 3.24. The first-order valence-corrected chi connectivity index (χ1v) is 11.3. The van der Waals surface area contributed by atoms with Crippen molar-refractivity contribution in [3.05, 3.63) is 64.1 Å². The van der Waals surface area contributed by atoms with Crippen molar-refractivity contribution in [2.24, 2.45) is 5.92 Å². The van der Waals surface area contributed by atoms with E-state index in [9.17, 15) is 13.2 Å². The molecule has 1 heterocycles. The highest BCUT2D eigenvalue weighted by molar-refractivity contribution is 9.10. The van der Waals surface area contributed by atoms with Crippen molar-refractivity contribution in [2.75, 3.05) is 18.4 Å². The Balaban J connectivity index is 1.56. The molecule has 3 rings (SSSR count). The quantitative estimate of drug-likeness (QED) is 0.749. The number of benzene rings is 2. The molecule has 0 unspecified atom stereocenters. The topological polar surface area (TPSA) is 66.5 Å². The van der Waals surface area contributed by atoms with Gasteiger partial charge in [0.1, 0.15) is 0 Å². The van der Waals surface area contributed by atoms with Gasteiger partial charge >= 0.3 is 0 Å². The summed E-state index contributed by atoms with van der Waals surface area (Å²) in [6.45, 7) is 2.73. The summed E-state index contributed by atoms with van der Waals surface area (Å²) in [5.41, 5.74) is 2.59. The Morgan fingerprint density at radius 1 is 1.15 bits per heavy atom. The maximum Gasteiger partial charge on any atom is 0.227 e. The lowest BCUT2D eigenvalue weighted by atomic mass is 9.97. The minimum atomic E-state index is -3.36. The average Bonchev–Trinajstić information content (AvgIpc) is 2.65. The monoisotopic (exact) mass is 450 g/mol. The number of carbonyl (C=O) groups is 1. The number of amides is 1. The van der Waals surface area contributed by atoms with E-state index in [1.807, 2.05) is 55.5 Å². The second kappa shape index (κ2) is 8.54. The molecule has 1 fully saturated rings. The number of rotatable bonds is 5. The largest absolute Gasteiger partial charge is 0.326 e. The van der Waals surface area contributed by atoms with Gasteiger partial charge in [0.05, 0.1) is 5.75 Å². The van der Waals surface area contributed by atoms with Gasteiger partial charge in [0.15, 0.2) is 0 Å². The Kier molecular flexibility index (Phi) is 6.34. The van der Waals surface area contributed by atoms with Crippen LogP contribution in [0.4, 0.5) is 5.69 Å². The van der Waals surface area contributed by atoms with Crippen LogP contribution < -0.4 is 5.32 Å². The number of carbonyl (C=O) groups excluding carboxylic acids is 1. The summed E-state index contributed by atoms with van der Waals surface area (Å²) in [5.74, 6) is -0.211. The van der Waals surface area contributed by atoms with Gasteiger partial charge in [-0.1, -0.05) is 46.3 Å². The van der Waals surface area contributed by atoms with Crippen molar-refractivity contribution in [1.82, 2.24) is 4.31 Å². The molecule has 0 radical (unpaired) electrons. The predicted octanol–water partition coefficient (Wildman–Crippen LogP) is 3.94. The van der Waals surface area contributed by atoms with Crippen LogP contribution >= 0.6 is 15.9 Å². The second-order valence-corrected chi connectivity index (χ2v) is 9.69. The Hall–Kier alpha value is -1.70. The number of aryl methyl sites for hydroxylation is 1. The minimum Gasteiger partial charge on any atom is -0.326 e. The van der Waals surface area contributed by atoms with Crippen LogP contribution in [0.1, 0.15) is 24.0 Å². The molecule has 1 aliphatic heterocycles. The number of nitrogens with one attached hydrogen (secondary N) is 1. The first-order chi connectivity index (χ1) is 12.8. The molecule has 27 heavy (non-hydrogen) atoms. The van der Waals surface area contributed by atoms with Crippen LogP contribution in [-0.2, 0) is 20.6 Å². The summed E-state index contributed by atoms with van der Waals surface area (Å²) >= 11 is 3.45. The third-order valence-electron chi connectivity index (χ3n) is 4.84. The fraction of sp³-hybridized carbons (Fsp3) is 0.350. The van der Waals surface area contributed by atoms with Gasteiger partial charge in [-0.25, -0.2) is 12.7 Å². The number of anilines is 1. The van der Waals surface area contributed by atoms with Crippen molar-refractivity contribution in [2.45, 2.75) is 25.5 Å². The highest BCUT2D eigenvalue weighted by Gasteiger charge is 2.31. The zero-order valence-corrected chi connectivity index (χ0v) is 17.6. The molecule has 2 aromatic carbocycles. The number of hydrogen-bond acceptors (Lipinski definition) is 3. The molecule has 5 nitrogen and oxygen atoms in total. The van der Waals surface area contributed by atoms with Gasteiger partial charge in [0.2, 0.25) is 15.9 Å². The van der Waals surface area contributed by atoms with Crippen LogP contribution in [0, 0.1) is 12.8 Å². The smallest absolute Gasteiger partial charge is 0.227 e. The molecule has 0 saturated carbocycles. The molecular formula is C20H23BrN2O3S. The average molecular weight is 451 g/mol. The van der Waals surface area contributed by atoms with Crippen LogP contribution in [-0.4, -0.2) is 31.7 Å². The second-order valence-electron chi connectivity index (χ2n) is 6.87. The number of nitrogens with zero attached hydrogens (tertiary/aromatic N) is 1. The minimum absolute atomic E-state index is 0.00285. The summed E-state index contributed by atoms with van der Waals surface area (Å²) in [5, 5.41) is 2.95. The Labute approximate surface area is 169 Å². The molecule has 2 aromatic rings. The first kappa shape index (κ1) is 20.0. The third-order valence-corrected chi connectivity index (χ3v) is 7.58. The summed E-state index contributed by atoms with van der Waals surface area (Å²) in [4.78, 5) is 12.5. The normalized spacial score (nSPS) is 16.2. The van der Waals surface area contributed by atoms with Gasteiger partial charge < -0.3 is 5.32 Å². The number of piperidine rings is 1. The summed E-state index contributed by atoms with van der Waals surface area (Å²) in [7, 11) is -3.36. The molecule has 0 aromatic heterocycles. The highest BCUT2D eigenvalue weighted by Crippen LogP contribution is 2.24. The van der Waals surface area contributed by atoms with Gasteiger partial charge in [0, 0.05) is 29.2 Å². The van der Waals surface area contributed by atoms with E-state index in [2.05, 4.69) is 21.2 Å². The van der Waals surface area contributed by atoms with Crippen LogP contribution in [0.25, 0.3) is 0 Å². The van der Waals surface area contributed by atoms with Gasteiger partial charge in [-0.3, -0.25) is 4.79 Å². The number of hydrogen-bond donors (Lipinski definition) is 1. The van der Waals surface area contributed by atoms with Crippen molar-refractivity contribution in [3.8, 4) is 0 Å². The maximum atomic E-state index is 12.6. The molecule has 1 saturated heterocycles. The van der Waals surface area contributed by atoms with Crippen molar-refractivity contribution >= 4 is 37.5 Å². The van der Waals surface area contributed by atoms with Crippen molar-refractivity contribution < 1.29 is 13.2 Å². The SMILES string of the molecule is Cc1cc(NC(=O)C2CCN(S(=O)(=O)Cc3ccccc3)CC2)ccc1Br. The lowest BCUT2D eigenvalue weighted by Gasteiger charge is -2.30. The standard InChI is InChI=1S/C20H23BrN2O3S/c1-15-13-18(7-8-19(15)21)22-20(24)17-9-11-23(12-10-17)27(25,26)14-16-5-3-2-4-6-16/h2-8,13,17H,9-12,14H2,1H3,(H,22,24). The molecule has 0 atom stereocenters. The Morgan fingerprint density at radius 3 is 2.44 bits per heavy atom. The maximum absolute atomic E-state index is 12.6. The molecule has 0 aliphatic carbocycles. The Morgan fingerprint density at radius 2 is 1.81 bits per heavy atom. The van der Waals surface area contributed by atoms with E-state index < -0.39 is 10.0 Å². The van der Waals surface area contributed by atoms with E-state index in [-0.39, 0.29) is 17.6 Å². The molecule has 7 heteroatoms. The molecular weight excluding hydrogens is 428 g/mol. The van der Waals surface area contributed by atoms with E-state index in [1.165, 1.54) is 4.31 Å². The molecule has 1 aliphatic rings. The van der Waals surface area contributed by atoms with Gasteiger partial charge in [-0.2, -0.15) is 0 Å².